The minimum Gasteiger partial charge on any atom is -0.350 e. The molecule has 0 fully saturated rings. The molecule has 9 heteroatoms. The highest BCUT2D eigenvalue weighted by Crippen LogP contribution is 2.34. The summed E-state index contributed by atoms with van der Waals surface area (Å²) in [5.74, 6) is -1.40. The van der Waals surface area contributed by atoms with E-state index in [0.717, 1.165) is 16.0 Å². The van der Waals surface area contributed by atoms with Crippen molar-refractivity contribution in [3.05, 3.63) is 98.1 Å². The van der Waals surface area contributed by atoms with Gasteiger partial charge < -0.3 is 10.6 Å². The fraction of sp³-hybridized carbons (Fsp3) is 0.115. The maximum Gasteiger partial charge on any atom is 0.283 e. The molecular formula is C26H20Cl3N3O3. The average molecular weight is 529 g/mol. The third kappa shape index (κ3) is 5.20. The number of hydrogen-bond acceptors (Lipinski definition) is 4. The van der Waals surface area contributed by atoms with Crippen LogP contribution in [0.25, 0.3) is 0 Å². The molecule has 6 nitrogen and oxygen atoms in total. The van der Waals surface area contributed by atoms with Crippen molar-refractivity contribution in [3.8, 4) is 0 Å². The van der Waals surface area contributed by atoms with E-state index >= 15 is 0 Å². The molecule has 178 valence electrons. The molecule has 0 bridgehead atoms. The van der Waals surface area contributed by atoms with E-state index in [2.05, 4.69) is 10.6 Å². The second-order valence-corrected chi connectivity index (χ2v) is 9.25. The van der Waals surface area contributed by atoms with Crippen molar-refractivity contribution in [3.63, 3.8) is 0 Å². The number of carbonyl (C=O) groups is 3. The van der Waals surface area contributed by atoms with E-state index in [1.54, 1.807) is 61.5 Å². The number of amides is 3. The summed E-state index contributed by atoms with van der Waals surface area (Å²) in [4.78, 5) is 39.2. The number of nitrogens with one attached hydrogen (secondary N) is 2. The van der Waals surface area contributed by atoms with Crippen LogP contribution in [0.3, 0.4) is 0 Å². The Morgan fingerprint density at radius 2 is 1.63 bits per heavy atom. The topological polar surface area (TPSA) is 78.5 Å². The van der Waals surface area contributed by atoms with E-state index in [0.29, 0.717) is 32.7 Å². The number of benzene rings is 3. The van der Waals surface area contributed by atoms with Gasteiger partial charge in [0.1, 0.15) is 10.7 Å². The van der Waals surface area contributed by atoms with Crippen LogP contribution in [0.1, 0.15) is 16.7 Å². The summed E-state index contributed by atoms with van der Waals surface area (Å²) >= 11 is 18.4. The van der Waals surface area contributed by atoms with Gasteiger partial charge >= 0.3 is 0 Å². The van der Waals surface area contributed by atoms with Crippen LogP contribution in [-0.4, -0.2) is 17.7 Å². The number of carbonyl (C=O) groups excluding carboxylic acids is 3. The standard InChI is InChI=1S/C26H20Cl3N3O3/c1-14-6-9-17(27)13-20(14)31-22(33)12-16-7-10-18(11-8-16)30-24-23(29)25(34)32(26(24)35)21-5-3-4-19(28)15(21)2/h3-11,13,30H,12H2,1-2H3,(H,31,33). The first-order valence-electron chi connectivity index (χ1n) is 10.6. The lowest BCUT2D eigenvalue weighted by molar-refractivity contribution is -0.120. The number of rotatable bonds is 6. The minimum atomic E-state index is -0.630. The van der Waals surface area contributed by atoms with Crippen molar-refractivity contribution in [1.82, 2.24) is 0 Å². The van der Waals surface area contributed by atoms with E-state index in [4.69, 9.17) is 34.8 Å². The zero-order chi connectivity index (χ0) is 25.3. The fourth-order valence-corrected chi connectivity index (χ4v) is 4.18. The lowest BCUT2D eigenvalue weighted by Gasteiger charge is -2.18. The molecule has 0 aromatic heterocycles. The van der Waals surface area contributed by atoms with Gasteiger partial charge in [0.2, 0.25) is 5.91 Å². The molecule has 35 heavy (non-hydrogen) atoms. The van der Waals surface area contributed by atoms with Gasteiger partial charge in [-0.05, 0) is 66.9 Å². The molecule has 0 spiro atoms. The highest BCUT2D eigenvalue weighted by molar-refractivity contribution is 6.53. The van der Waals surface area contributed by atoms with Crippen molar-refractivity contribution in [2.75, 3.05) is 15.5 Å². The summed E-state index contributed by atoms with van der Waals surface area (Å²) in [6.45, 7) is 3.61. The van der Waals surface area contributed by atoms with Crippen LogP contribution in [-0.2, 0) is 20.8 Å². The van der Waals surface area contributed by atoms with Crippen molar-refractivity contribution in [1.29, 1.82) is 0 Å². The molecule has 3 amide bonds. The maximum atomic E-state index is 13.0. The monoisotopic (exact) mass is 527 g/mol. The number of imide groups is 1. The van der Waals surface area contributed by atoms with Crippen LogP contribution < -0.4 is 15.5 Å². The molecule has 0 aliphatic carbocycles. The van der Waals surface area contributed by atoms with Crippen LogP contribution in [0.15, 0.2) is 71.4 Å². The van der Waals surface area contributed by atoms with E-state index in [1.165, 1.54) is 0 Å². The Morgan fingerprint density at radius 1 is 0.914 bits per heavy atom. The third-order valence-electron chi connectivity index (χ3n) is 5.57. The van der Waals surface area contributed by atoms with Crippen LogP contribution in [0.2, 0.25) is 10.0 Å². The van der Waals surface area contributed by atoms with E-state index in [1.807, 2.05) is 13.0 Å². The lowest BCUT2D eigenvalue weighted by atomic mass is 10.1. The van der Waals surface area contributed by atoms with Gasteiger partial charge in [0, 0.05) is 21.4 Å². The van der Waals surface area contributed by atoms with Gasteiger partial charge in [-0.15, -0.1) is 0 Å². The van der Waals surface area contributed by atoms with E-state index in [-0.39, 0.29) is 23.1 Å². The van der Waals surface area contributed by atoms with Crippen LogP contribution in [0, 0.1) is 13.8 Å². The maximum absolute atomic E-state index is 13.0. The molecule has 2 N–H and O–H groups in total. The lowest BCUT2D eigenvalue weighted by Crippen LogP contribution is -2.32. The molecule has 0 atom stereocenters. The Kier molecular flexibility index (Phi) is 7.17. The summed E-state index contributed by atoms with van der Waals surface area (Å²) in [7, 11) is 0. The Hall–Kier alpha value is -3.32. The Bertz CT molecular complexity index is 1380. The van der Waals surface area contributed by atoms with Crippen molar-refractivity contribution < 1.29 is 14.4 Å². The smallest absolute Gasteiger partial charge is 0.283 e. The molecule has 3 aromatic rings. The van der Waals surface area contributed by atoms with Crippen LogP contribution in [0.4, 0.5) is 17.1 Å². The number of hydrogen-bond donors (Lipinski definition) is 2. The SMILES string of the molecule is Cc1ccc(Cl)cc1NC(=O)Cc1ccc(NC2=C(Cl)C(=O)N(c3cccc(Cl)c3C)C2=O)cc1. The average Bonchev–Trinajstić information content (AvgIpc) is 3.02. The second-order valence-electron chi connectivity index (χ2n) is 8.02. The van der Waals surface area contributed by atoms with Crippen molar-refractivity contribution in [2.45, 2.75) is 20.3 Å². The molecule has 0 unspecified atom stereocenters. The molecule has 4 rings (SSSR count). The number of nitrogens with zero attached hydrogens (tertiary/aromatic N) is 1. The van der Waals surface area contributed by atoms with Gasteiger partial charge in [-0.1, -0.05) is 59.1 Å². The molecular weight excluding hydrogens is 509 g/mol. The molecule has 3 aromatic carbocycles. The fourth-order valence-electron chi connectivity index (χ4n) is 3.63. The van der Waals surface area contributed by atoms with Gasteiger partial charge in [0.15, 0.2) is 0 Å². The molecule has 0 saturated carbocycles. The zero-order valence-electron chi connectivity index (χ0n) is 18.8. The third-order valence-corrected chi connectivity index (χ3v) is 6.56. The quantitative estimate of drug-likeness (QED) is 0.372. The number of aryl methyl sites for hydroxylation is 1. The highest BCUT2D eigenvalue weighted by Gasteiger charge is 2.39. The van der Waals surface area contributed by atoms with Crippen LogP contribution >= 0.6 is 34.8 Å². The summed E-state index contributed by atoms with van der Waals surface area (Å²) in [6, 6.07) is 17.2. The first-order valence-corrected chi connectivity index (χ1v) is 11.7. The zero-order valence-corrected chi connectivity index (χ0v) is 21.1. The van der Waals surface area contributed by atoms with Gasteiger partial charge in [0.25, 0.3) is 11.8 Å². The molecule has 0 saturated heterocycles. The van der Waals surface area contributed by atoms with Gasteiger partial charge in [-0.25, -0.2) is 4.90 Å². The Balaban J connectivity index is 1.45. The first-order chi connectivity index (χ1) is 16.7. The largest absolute Gasteiger partial charge is 0.350 e. The van der Waals surface area contributed by atoms with E-state index in [9.17, 15) is 14.4 Å². The summed E-state index contributed by atoms with van der Waals surface area (Å²) in [5, 5.41) is 6.55. The number of anilines is 3. The van der Waals surface area contributed by atoms with Gasteiger partial charge in [0.05, 0.1) is 12.1 Å². The first kappa shape index (κ1) is 24.8. The van der Waals surface area contributed by atoms with E-state index < -0.39 is 11.8 Å². The van der Waals surface area contributed by atoms with Crippen LogP contribution in [0.5, 0.6) is 0 Å². The Morgan fingerprint density at radius 3 is 2.34 bits per heavy atom. The van der Waals surface area contributed by atoms with Crippen molar-refractivity contribution in [2.24, 2.45) is 0 Å². The summed E-state index contributed by atoms with van der Waals surface area (Å²) in [6.07, 6.45) is 0.148. The Labute approximate surface area is 217 Å². The number of halogens is 3. The minimum absolute atomic E-state index is 0.0297. The van der Waals surface area contributed by atoms with Gasteiger partial charge in [-0.2, -0.15) is 0 Å². The highest BCUT2D eigenvalue weighted by atomic mass is 35.5. The van der Waals surface area contributed by atoms with Gasteiger partial charge in [-0.3, -0.25) is 14.4 Å². The normalized spacial score (nSPS) is 13.5. The molecule has 1 aliphatic heterocycles. The van der Waals surface area contributed by atoms with Crippen molar-refractivity contribution >= 4 is 69.6 Å². The molecule has 1 aliphatic rings. The predicted molar refractivity (Wildman–Crippen MR) is 140 cm³/mol. The second kappa shape index (κ2) is 10.1. The summed E-state index contributed by atoms with van der Waals surface area (Å²) in [5.41, 5.74) is 3.81. The molecule has 0 radical (unpaired) electrons. The summed E-state index contributed by atoms with van der Waals surface area (Å²) < 4.78 is 0. The molecule has 1 heterocycles. The predicted octanol–water partition coefficient (Wildman–Crippen LogP) is 6.23.